The average molecular weight is 218 g/mol. The van der Waals surface area contributed by atoms with Gasteiger partial charge in [0, 0.05) is 18.0 Å². The van der Waals surface area contributed by atoms with Crippen LogP contribution >= 0.6 is 0 Å². The summed E-state index contributed by atoms with van der Waals surface area (Å²) in [6.07, 6.45) is 2.34. The number of hydrogen-bond acceptors (Lipinski definition) is 3. The Morgan fingerprint density at radius 2 is 2.06 bits per heavy atom. The molecule has 16 heavy (non-hydrogen) atoms. The first-order valence-electron chi connectivity index (χ1n) is 4.81. The van der Waals surface area contributed by atoms with Crippen LogP contribution in [0.25, 0.3) is 0 Å². The van der Waals surface area contributed by atoms with Crippen LogP contribution in [0.4, 0.5) is 10.1 Å². The third-order valence-electron chi connectivity index (χ3n) is 2.34. The number of halogens is 1. The molecular weight excluding hydrogens is 207 g/mol. The molecule has 2 aromatic rings. The summed E-state index contributed by atoms with van der Waals surface area (Å²) in [5, 5.41) is 9.99. The summed E-state index contributed by atoms with van der Waals surface area (Å²) in [5.41, 5.74) is 6.66. The minimum Gasteiger partial charge on any atom is -0.396 e. The highest BCUT2D eigenvalue weighted by Crippen LogP contribution is 2.23. The molecule has 0 aliphatic heterocycles. The fourth-order valence-corrected chi connectivity index (χ4v) is 1.46. The number of benzene rings is 1. The molecule has 3 nitrogen and oxygen atoms in total. The summed E-state index contributed by atoms with van der Waals surface area (Å²) in [5.74, 6) is -0.484. The molecule has 2 rings (SSSR count). The first-order valence-corrected chi connectivity index (χ1v) is 4.81. The van der Waals surface area contributed by atoms with E-state index >= 15 is 0 Å². The summed E-state index contributed by atoms with van der Waals surface area (Å²) < 4.78 is 12.9. The smallest absolute Gasteiger partial charge is 0.146 e. The second kappa shape index (κ2) is 4.28. The van der Waals surface area contributed by atoms with Gasteiger partial charge < -0.3 is 10.8 Å². The Morgan fingerprint density at radius 1 is 1.25 bits per heavy atom. The van der Waals surface area contributed by atoms with Gasteiger partial charge in [0.1, 0.15) is 11.9 Å². The molecule has 82 valence electrons. The standard InChI is InChI=1S/C12H11FN2O/c13-10-4-3-8(6-11(10)14)12(16)9-2-1-5-15-7-9/h1-7,12,16H,14H2. The Morgan fingerprint density at radius 3 is 2.69 bits per heavy atom. The molecule has 1 atom stereocenters. The lowest BCUT2D eigenvalue weighted by Crippen LogP contribution is -2.02. The summed E-state index contributed by atoms with van der Waals surface area (Å²) in [6, 6.07) is 7.64. The van der Waals surface area contributed by atoms with Crippen molar-refractivity contribution in [2.24, 2.45) is 0 Å². The van der Waals surface area contributed by atoms with Gasteiger partial charge in [-0.1, -0.05) is 12.1 Å². The number of aliphatic hydroxyl groups is 1. The zero-order chi connectivity index (χ0) is 11.5. The lowest BCUT2D eigenvalue weighted by atomic mass is 10.0. The van der Waals surface area contributed by atoms with Crippen LogP contribution < -0.4 is 5.73 Å². The number of nitrogen functional groups attached to an aromatic ring is 1. The molecule has 0 amide bonds. The maximum Gasteiger partial charge on any atom is 0.146 e. The summed E-state index contributed by atoms with van der Waals surface area (Å²) in [4.78, 5) is 3.91. The maximum absolute atomic E-state index is 12.9. The predicted molar refractivity (Wildman–Crippen MR) is 59.1 cm³/mol. The Labute approximate surface area is 92.4 Å². The molecule has 0 bridgehead atoms. The lowest BCUT2D eigenvalue weighted by Gasteiger charge is -2.11. The van der Waals surface area contributed by atoms with Gasteiger partial charge in [0.2, 0.25) is 0 Å². The number of nitrogens with two attached hydrogens (primary N) is 1. The van der Waals surface area contributed by atoms with E-state index in [0.717, 1.165) is 0 Å². The van der Waals surface area contributed by atoms with Gasteiger partial charge in [-0.3, -0.25) is 4.98 Å². The predicted octanol–water partition coefficient (Wildman–Crippen LogP) is 1.88. The van der Waals surface area contributed by atoms with E-state index in [0.29, 0.717) is 11.1 Å². The lowest BCUT2D eigenvalue weighted by molar-refractivity contribution is 0.220. The van der Waals surface area contributed by atoms with Crippen LogP contribution in [0.2, 0.25) is 0 Å². The van der Waals surface area contributed by atoms with Crippen LogP contribution in [0, 0.1) is 5.82 Å². The van der Waals surface area contributed by atoms with Crippen molar-refractivity contribution < 1.29 is 9.50 Å². The molecule has 1 aromatic heterocycles. The number of anilines is 1. The minimum atomic E-state index is -0.836. The number of aromatic nitrogens is 1. The monoisotopic (exact) mass is 218 g/mol. The second-order valence-corrected chi connectivity index (χ2v) is 3.47. The number of rotatable bonds is 2. The first-order chi connectivity index (χ1) is 7.68. The summed E-state index contributed by atoms with van der Waals surface area (Å²) in [7, 11) is 0. The van der Waals surface area contributed by atoms with Gasteiger partial charge in [-0.2, -0.15) is 0 Å². The van der Waals surface area contributed by atoms with Gasteiger partial charge >= 0.3 is 0 Å². The van der Waals surface area contributed by atoms with Gasteiger partial charge in [-0.15, -0.1) is 0 Å². The minimum absolute atomic E-state index is 0.0282. The molecule has 0 saturated heterocycles. The van der Waals surface area contributed by atoms with Crippen LogP contribution in [0.1, 0.15) is 17.2 Å². The van der Waals surface area contributed by atoms with E-state index < -0.39 is 11.9 Å². The van der Waals surface area contributed by atoms with Crippen molar-refractivity contribution in [2.75, 3.05) is 5.73 Å². The molecule has 0 spiro atoms. The Kier molecular flexibility index (Phi) is 2.83. The van der Waals surface area contributed by atoms with Crippen LogP contribution in [0.3, 0.4) is 0 Å². The molecule has 1 aromatic carbocycles. The Balaban J connectivity index is 2.34. The zero-order valence-electron chi connectivity index (χ0n) is 8.47. The van der Waals surface area contributed by atoms with Gasteiger partial charge in [-0.05, 0) is 23.8 Å². The largest absolute Gasteiger partial charge is 0.396 e. The highest BCUT2D eigenvalue weighted by atomic mass is 19.1. The molecule has 1 unspecified atom stereocenters. The van der Waals surface area contributed by atoms with Crippen LogP contribution in [-0.2, 0) is 0 Å². The van der Waals surface area contributed by atoms with E-state index in [-0.39, 0.29) is 5.69 Å². The van der Waals surface area contributed by atoms with E-state index in [4.69, 9.17) is 5.73 Å². The van der Waals surface area contributed by atoms with Crippen LogP contribution in [-0.4, -0.2) is 10.1 Å². The van der Waals surface area contributed by atoms with Crippen molar-refractivity contribution in [1.82, 2.24) is 4.98 Å². The molecule has 1 heterocycles. The van der Waals surface area contributed by atoms with Crippen molar-refractivity contribution in [2.45, 2.75) is 6.10 Å². The first kappa shape index (κ1) is 10.6. The number of nitrogens with zero attached hydrogens (tertiary/aromatic N) is 1. The quantitative estimate of drug-likeness (QED) is 0.757. The SMILES string of the molecule is Nc1cc(C(O)c2cccnc2)ccc1F. The normalized spacial score (nSPS) is 12.4. The molecular formula is C12H11FN2O. The Bertz CT molecular complexity index is 488. The van der Waals surface area contributed by atoms with Crippen LogP contribution in [0.5, 0.6) is 0 Å². The van der Waals surface area contributed by atoms with E-state index in [2.05, 4.69) is 4.98 Å². The third-order valence-corrected chi connectivity index (χ3v) is 2.34. The second-order valence-electron chi connectivity index (χ2n) is 3.47. The molecule has 0 fully saturated rings. The van der Waals surface area contributed by atoms with E-state index in [1.54, 1.807) is 24.5 Å². The highest BCUT2D eigenvalue weighted by Gasteiger charge is 2.11. The van der Waals surface area contributed by atoms with Crippen molar-refractivity contribution in [1.29, 1.82) is 0 Å². The summed E-state index contributed by atoms with van der Waals surface area (Å²) >= 11 is 0. The molecule has 0 aliphatic rings. The third kappa shape index (κ3) is 2.01. The molecule has 0 aliphatic carbocycles. The molecule has 0 radical (unpaired) electrons. The van der Waals surface area contributed by atoms with Crippen LogP contribution in [0.15, 0.2) is 42.7 Å². The molecule has 4 heteroatoms. The Hall–Kier alpha value is -1.94. The molecule has 3 N–H and O–H groups in total. The maximum atomic E-state index is 12.9. The van der Waals surface area contributed by atoms with Gasteiger partial charge in [-0.25, -0.2) is 4.39 Å². The van der Waals surface area contributed by atoms with E-state index in [9.17, 15) is 9.50 Å². The number of hydrogen-bond donors (Lipinski definition) is 2. The van der Waals surface area contributed by atoms with E-state index in [1.807, 2.05) is 0 Å². The van der Waals surface area contributed by atoms with Crippen molar-refractivity contribution >= 4 is 5.69 Å². The highest BCUT2D eigenvalue weighted by molar-refractivity contribution is 5.44. The number of aliphatic hydroxyl groups excluding tert-OH is 1. The van der Waals surface area contributed by atoms with Gasteiger partial charge in [0.15, 0.2) is 0 Å². The van der Waals surface area contributed by atoms with Gasteiger partial charge in [0.05, 0.1) is 5.69 Å². The fourth-order valence-electron chi connectivity index (χ4n) is 1.46. The molecule has 0 saturated carbocycles. The fraction of sp³-hybridized carbons (Fsp3) is 0.0833. The van der Waals surface area contributed by atoms with Crippen molar-refractivity contribution in [3.63, 3.8) is 0 Å². The summed E-state index contributed by atoms with van der Waals surface area (Å²) in [6.45, 7) is 0. The van der Waals surface area contributed by atoms with Crippen molar-refractivity contribution in [3.8, 4) is 0 Å². The number of pyridine rings is 1. The average Bonchev–Trinajstić information content (AvgIpc) is 2.33. The zero-order valence-corrected chi connectivity index (χ0v) is 8.47. The van der Waals surface area contributed by atoms with Crippen molar-refractivity contribution in [3.05, 3.63) is 59.7 Å². The van der Waals surface area contributed by atoms with E-state index in [1.165, 1.54) is 18.2 Å². The van der Waals surface area contributed by atoms with Gasteiger partial charge in [0.25, 0.3) is 0 Å². The topological polar surface area (TPSA) is 59.1 Å².